The van der Waals surface area contributed by atoms with Crippen molar-refractivity contribution < 1.29 is 22.6 Å². The Kier molecular flexibility index (Phi) is 8.84. The van der Waals surface area contributed by atoms with E-state index < -0.39 is 22.2 Å². The SMILES string of the molecule is COc1cccc(-c2c(C)c(Cc3c(F)cccc3F)c3n(c2=O)C(CNCCN2CCOCC2)C(C)(C)S3)c1F. The molecular weight excluding hydrogens is 551 g/mol. The monoisotopic (exact) mass is 587 g/mol. The standard InChI is InChI=1S/C31H36F3N3O3S/c1-19-21(17-22-23(32)8-6-9-24(22)33)30-37(29(38)27(19)20-7-5-10-25(39-4)28(20)34)26(31(2,3)41-30)18-35-11-12-36-13-15-40-16-14-36/h5-10,26,35H,11-18H2,1-4H3. The molecule has 1 N–H and O–H groups in total. The number of thioether (sulfide) groups is 1. The Morgan fingerprint density at radius 1 is 1.07 bits per heavy atom. The van der Waals surface area contributed by atoms with E-state index in [1.54, 1.807) is 23.6 Å². The smallest absolute Gasteiger partial charge is 0.260 e. The number of rotatable bonds is 9. The highest BCUT2D eigenvalue weighted by Gasteiger charge is 2.43. The van der Waals surface area contributed by atoms with Crippen molar-refractivity contribution in [2.75, 3.05) is 53.0 Å². The number of morpholine rings is 1. The molecule has 2 aliphatic heterocycles. The molecule has 1 aromatic heterocycles. The largest absolute Gasteiger partial charge is 0.494 e. The fraction of sp³-hybridized carbons (Fsp3) is 0.452. The van der Waals surface area contributed by atoms with Crippen LogP contribution in [-0.2, 0) is 11.2 Å². The lowest BCUT2D eigenvalue weighted by Crippen LogP contribution is -2.43. The number of hydrogen-bond donors (Lipinski definition) is 1. The Morgan fingerprint density at radius 2 is 1.76 bits per heavy atom. The van der Waals surface area contributed by atoms with Crippen LogP contribution in [0.3, 0.4) is 0 Å². The van der Waals surface area contributed by atoms with E-state index in [2.05, 4.69) is 24.1 Å². The second kappa shape index (κ2) is 12.2. The van der Waals surface area contributed by atoms with Gasteiger partial charge in [-0.15, -0.1) is 0 Å². The maximum atomic E-state index is 15.6. The molecular formula is C31H36F3N3O3S. The Bertz CT molecular complexity index is 1470. The van der Waals surface area contributed by atoms with Crippen molar-refractivity contribution in [3.63, 3.8) is 0 Å². The third-order valence-electron chi connectivity index (χ3n) is 8.13. The highest BCUT2D eigenvalue weighted by Crippen LogP contribution is 2.50. The van der Waals surface area contributed by atoms with E-state index in [1.807, 2.05) is 0 Å². The highest BCUT2D eigenvalue weighted by molar-refractivity contribution is 8.00. The average molecular weight is 588 g/mol. The van der Waals surface area contributed by atoms with E-state index in [4.69, 9.17) is 9.47 Å². The van der Waals surface area contributed by atoms with Crippen LogP contribution in [0.2, 0.25) is 0 Å². The molecule has 0 amide bonds. The summed E-state index contributed by atoms with van der Waals surface area (Å²) in [6.07, 6.45) is -0.0706. The zero-order valence-corrected chi connectivity index (χ0v) is 24.7. The lowest BCUT2D eigenvalue weighted by Gasteiger charge is -2.29. The van der Waals surface area contributed by atoms with Crippen molar-refractivity contribution in [2.24, 2.45) is 0 Å². The summed E-state index contributed by atoms with van der Waals surface area (Å²) in [4.78, 5) is 16.6. The molecule has 0 aliphatic carbocycles. The zero-order valence-electron chi connectivity index (χ0n) is 23.9. The first-order valence-corrected chi connectivity index (χ1v) is 14.7. The maximum Gasteiger partial charge on any atom is 0.260 e. The van der Waals surface area contributed by atoms with Gasteiger partial charge >= 0.3 is 0 Å². The first-order valence-electron chi connectivity index (χ1n) is 13.9. The molecule has 0 spiro atoms. The summed E-state index contributed by atoms with van der Waals surface area (Å²) in [5.74, 6) is -1.95. The molecule has 41 heavy (non-hydrogen) atoms. The van der Waals surface area contributed by atoms with E-state index in [1.165, 1.54) is 43.1 Å². The second-order valence-corrected chi connectivity index (χ2v) is 12.7. The van der Waals surface area contributed by atoms with Gasteiger partial charge in [-0.3, -0.25) is 14.3 Å². The molecule has 0 saturated carbocycles. The van der Waals surface area contributed by atoms with Gasteiger partial charge in [0.1, 0.15) is 11.6 Å². The molecule has 5 rings (SSSR count). The molecule has 10 heteroatoms. The van der Waals surface area contributed by atoms with Crippen molar-refractivity contribution >= 4 is 11.8 Å². The predicted molar refractivity (Wildman–Crippen MR) is 156 cm³/mol. The van der Waals surface area contributed by atoms with Crippen LogP contribution in [-0.4, -0.2) is 67.3 Å². The minimum Gasteiger partial charge on any atom is -0.494 e. The van der Waals surface area contributed by atoms with Gasteiger partial charge in [0.25, 0.3) is 5.56 Å². The van der Waals surface area contributed by atoms with Crippen molar-refractivity contribution in [3.05, 3.63) is 80.9 Å². The summed E-state index contributed by atoms with van der Waals surface area (Å²) in [5.41, 5.74) is 0.972. The minimum absolute atomic E-state index is 0.0181. The lowest BCUT2D eigenvalue weighted by atomic mass is 9.93. The molecule has 3 aromatic rings. The number of ether oxygens (including phenoxy) is 2. The van der Waals surface area contributed by atoms with Gasteiger partial charge in [-0.2, -0.15) is 0 Å². The number of methoxy groups -OCH3 is 1. The molecule has 1 saturated heterocycles. The van der Waals surface area contributed by atoms with Crippen molar-refractivity contribution in [1.82, 2.24) is 14.8 Å². The van der Waals surface area contributed by atoms with Crippen LogP contribution in [0.4, 0.5) is 13.2 Å². The number of halogens is 3. The highest BCUT2D eigenvalue weighted by atomic mass is 32.2. The predicted octanol–water partition coefficient (Wildman–Crippen LogP) is 5.19. The Labute approximate surface area is 242 Å². The molecule has 1 atom stereocenters. The Morgan fingerprint density at radius 3 is 2.44 bits per heavy atom. The average Bonchev–Trinajstić information content (AvgIpc) is 3.22. The number of benzene rings is 2. The molecule has 1 unspecified atom stereocenters. The summed E-state index contributed by atoms with van der Waals surface area (Å²) in [6, 6.07) is 8.17. The molecule has 1 fully saturated rings. The summed E-state index contributed by atoms with van der Waals surface area (Å²) < 4.78 is 57.2. The van der Waals surface area contributed by atoms with Crippen LogP contribution in [0.15, 0.2) is 46.2 Å². The van der Waals surface area contributed by atoms with E-state index in [9.17, 15) is 13.6 Å². The molecule has 2 aromatic carbocycles. The van der Waals surface area contributed by atoms with Crippen LogP contribution >= 0.6 is 11.8 Å². The molecule has 0 bridgehead atoms. The summed E-state index contributed by atoms with van der Waals surface area (Å²) in [7, 11) is 1.37. The Hall–Kier alpha value is -2.79. The van der Waals surface area contributed by atoms with Gasteiger partial charge in [-0.05, 0) is 50.1 Å². The van der Waals surface area contributed by atoms with Crippen LogP contribution in [0, 0.1) is 24.4 Å². The summed E-state index contributed by atoms with van der Waals surface area (Å²) in [6.45, 7) is 11.2. The summed E-state index contributed by atoms with van der Waals surface area (Å²) in [5, 5.41) is 4.18. The molecule has 0 radical (unpaired) electrons. The number of nitrogens with zero attached hydrogens (tertiary/aromatic N) is 2. The van der Waals surface area contributed by atoms with Gasteiger partial charge in [0.2, 0.25) is 0 Å². The first kappa shape index (κ1) is 29.7. The van der Waals surface area contributed by atoms with E-state index in [0.29, 0.717) is 22.7 Å². The number of hydrogen-bond acceptors (Lipinski definition) is 6. The minimum atomic E-state index is -0.660. The number of nitrogens with one attached hydrogen (secondary N) is 1. The second-order valence-electron chi connectivity index (χ2n) is 11.0. The van der Waals surface area contributed by atoms with E-state index in [0.717, 1.165) is 39.4 Å². The third-order valence-corrected chi connectivity index (χ3v) is 9.56. The number of fused-ring (bicyclic) bond motifs is 1. The molecule has 220 valence electrons. The van der Waals surface area contributed by atoms with Crippen LogP contribution in [0.25, 0.3) is 11.1 Å². The third kappa shape index (κ3) is 5.80. The van der Waals surface area contributed by atoms with Crippen LogP contribution < -0.4 is 15.6 Å². The van der Waals surface area contributed by atoms with E-state index >= 15 is 4.39 Å². The maximum absolute atomic E-state index is 15.6. The van der Waals surface area contributed by atoms with Gasteiger partial charge in [-0.25, -0.2) is 13.2 Å². The molecule has 6 nitrogen and oxygen atoms in total. The van der Waals surface area contributed by atoms with Gasteiger partial charge in [0.15, 0.2) is 11.6 Å². The van der Waals surface area contributed by atoms with Gasteiger partial charge < -0.3 is 14.8 Å². The van der Waals surface area contributed by atoms with Crippen molar-refractivity contribution in [2.45, 2.75) is 43.0 Å². The quantitative estimate of drug-likeness (QED) is 0.348. The fourth-order valence-corrected chi connectivity index (χ4v) is 7.23. The van der Waals surface area contributed by atoms with Crippen molar-refractivity contribution in [1.29, 1.82) is 0 Å². The van der Waals surface area contributed by atoms with E-state index in [-0.39, 0.29) is 40.5 Å². The van der Waals surface area contributed by atoms with Crippen LogP contribution in [0.1, 0.15) is 36.6 Å². The molecule has 2 aliphatic rings. The fourth-order valence-electron chi connectivity index (χ4n) is 5.75. The van der Waals surface area contributed by atoms with Crippen molar-refractivity contribution in [3.8, 4) is 16.9 Å². The normalized spacial score (nSPS) is 18.5. The molecule has 3 heterocycles. The van der Waals surface area contributed by atoms with Crippen LogP contribution in [0.5, 0.6) is 5.75 Å². The van der Waals surface area contributed by atoms with Gasteiger partial charge in [0, 0.05) is 55.0 Å². The van der Waals surface area contributed by atoms with Gasteiger partial charge in [-0.1, -0.05) is 30.0 Å². The number of pyridine rings is 1. The lowest BCUT2D eigenvalue weighted by molar-refractivity contribution is 0.0383. The number of aromatic nitrogens is 1. The Balaban J connectivity index is 1.60. The van der Waals surface area contributed by atoms with Gasteiger partial charge in [0.05, 0.1) is 37.0 Å². The topological polar surface area (TPSA) is 55.7 Å². The zero-order chi connectivity index (χ0) is 29.3. The summed E-state index contributed by atoms with van der Waals surface area (Å²) >= 11 is 1.52. The first-order chi connectivity index (χ1) is 19.6.